The summed E-state index contributed by atoms with van der Waals surface area (Å²) in [7, 11) is 0. The van der Waals surface area contributed by atoms with Gasteiger partial charge in [0.25, 0.3) is 0 Å². The highest BCUT2D eigenvalue weighted by atomic mass is 32.2. The lowest BCUT2D eigenvalue weighted by Gasteiger charge is -2.32. The van der Waals surface area contributed by atoms with Crippen LogP contribution in [-0.4, -0.2) is 196 Å². The Labute approximate surface area is 543 Å². The van der Waals surface area contributed by atoms with Gasteiger partial charge < -0.3 is 73.8 Å². The maximum atomic E-state index is 14.9. The Morgan fingerprint density at radius 1 is 0.742 bits per heavy atom. The van der Waals surface area contributed by atoms with Crippen LogP contribution in [0.2, 0.25) is 0 Å². The number of thioether (sulfide) groups is 1. The predicted octanol–water partition coefficient (Wildman–Crippen LogP) is -0.243. The molecule has 4 heterocycles. The summed E-state index contributed by atoms with van der Waals surface area (Å²) in [5, 5.41) is 37.8. The van der Waals surface area contributed by atoms with Crippen LogP contribution >= 0.6 is 11.8 Å². The molecular weight excluding hydrogens is 1220 g/mol. The van der Waals surface area contributed by atoms with E-state index in [9.17, 15) is 67.7 Å². The second-order valence-corrected chi connectivity index (χ2v) is 26.4. The number of aromatic nitrogens is 4. The van der Waals surface area contributed by atoms with Gasteiger partial charge >= 0.3 is 5.97 Å². The summed E-state index contributed by atoms with van der Waals surface area (Å²) in [6.07, 6.45) is 8.62. The molecule has 1 saturated carbocycles. The van der Waals surface area contributed by atoms with Crippen molar-refractivity contribution in [3.8, 4) is 5.75 Å². The number of benzene rings is 1. The van der Waals surface area contributed by atoms with Crippen LogP contribution in [0.5, 0.6) is 5.75 Å². The van der Waals surface area contributed by atoms with Gasteiger partial charge in [-0.1, -0.05) is 53.2 Å². The van der Waals surface area contributed by atoms with Crippen LogP contribution < -0.4 is 48.7 Å². The number of phenolic OH excluding ortho intramolecular Hbond substituents is 1. The fourth-order valence-electron chi connectivity index (χ4n) is 11.5. The van der Waals surface area contributed by atoms with Gasteiger partial charge in [-0.3, -0.25) is 62.6 Å². The predicted molar refractivity (Wildman–Crippen MR) is 340 cm³/mol. The minimum absolute atomic E-state index is 0.0334. The highest BCUT2D eigenvalue weighted by molar-refractivity contribution is 8.00. The summed E-state index contributed by atoms with van der Waals surface area (Å²) in [5.41, 5.74) is 11.9. The Morgan fingerprint density at radius 3 is 1.92 bits per heavy atom. The van der Waals surface area contributed by atoms with Gasteiger partial charge in [-0.2, -0.15) is 0 Å². The van der Waals surface area contributed by atoms with Gasteiger partial charge in [-0.15, -0.1) is 11.8 Å². The number of H-pyrrole nitrogens is 2. The molecule has 3 aromatic rings. The first-order valence-corrected chi connectivity index (χ1v) is 32.5. The van der Waals surface area contributed by atoms with Crippen molar-refractivity contribution in [2.24, 2.45) is 39.6 Å². The maximum Gasteiger partial charge on any atom is 0.326 e. The molecule has 30 nitrogen and oxygen atoms in total. The van der Waals surface area contributed by atoms with Gasteiger partial charge in [-0.25, -0.2) is 14.8 Å². The molecule has 1 aliphatic carbocycles. The number of aromatic hydroxyl groups is 1. The molecule has 508 valence electrons. The Bertz CT molecular complexity index is 3150. The third kappa shape index (κ3) is 21.6. The van der Waals surface area contributed by atoms with Crippen molar-refractivity contribution < 1.29 is 67.7 Å². The fourth-order valence-corrected chi connectivity index (χ4v) is 12.7. The number of nitrogens with two attached hydrogens (primary N) is 2. The lowest BCUT2D eigenvalue weighted by atomic mass is 9.73. The zero-order valence-corrected chi connectivity index (χ0v) is 54.5. The molecule has 93 heavy (non-hydrogen) atoms. The zero-order valence-electron chi connectivity index (χ0n) is 53.7. The third-order valence-electron chi connectivity index (χ3n) is 16.9. The molecule has 2 unspecified atom stereocenters. The van der Waals surface area contributed by atoms with E-state index in [-0.39, 0.29) is 106 Å². The van der Waals surface area contributed by atoms with E-state index in [1.54, 1.807) is 26.0 Å². The van der Waals surface area contributed by atoms with Crippen LogP contribution in [0.3, 0.4) is 0 Å². The van der Waals surface area contributed by atoms with E-state index < -0.39 is 124 Å². The van der Waals surface area contributed by atoms with E-state index in [1.807, 2.05) is 20.8 Å². The first-order chi connectivity index (χ1) is 44.0. The van der Waals surface area contributed by atoms with Crippen LogP contribution in [0.15, 0.2) is 54.3 Å². The number of aromatic amines is 2. The number of ketones is 1. The van der Waals surface area contributed by atoms with Gasteiger partial charge in [0.05, 0.1) is 17.9 Å². The third-order valence-corrected chi connectivity index (χ3v) is 18.2. The molecule has 1 aromatic carbocycles. The number of carbonyl (C=O) groups is 12. The molecule has 10 atom stereocenters. The number of rotatable bonds is 33. The van der Waals surface area contributed by atoms with Crippen LogP contribution in [0, 0.1) is 23.2 Å². The molecule has 0 spiro atoms. The number of aliphatic carboxylic acids is 1. The number of nitrogens with zero attached hydrogens (tertiary/aromatic N) is 5. The van der Waals surface area contributed by atoms with E-state index in [0.717, 1.165) is 11.8 Å². The number of imide groups is 1. The average Bonchev–Trinajstić information content (AvgIpc) is 1.81. The Hall–Kier alpha value is -8.90. The number of amides is 10. The zero-order chi connectivity index (χ0) is 68.3. The fraction of sp³-hybridized carbons (Fsp3) is 0.597. The van der Waals surface area contributed by atoms with Gasteiger partial charge in [-0.05, 0) is 87.8 Å². The molecule has 0 radical (unpaired) electrons. The van der Waals surface area contributed by atoms with Crippen LogP contribution in [0.4, 0.5) is 0 Å². The molecule has 3 fully saturated rings. The summed E-state index contributed by atoms with van der Waals surface area (Å²) >= 11 is 1.02. The summed E-state index contributed by atoms with van der Waals surface area (Å²) < 4.78 is 0. The molecule has 6 rings (SSSR count). The number of hydrogen-bond donors (Lipinski definition) is 13. The quantitative estimate of drug-likeness (QED) is 0.0162. The van der Waals surface area contributed by atoms with Crippen molar-refractivity contribution in [1.82, 2.24) is 67.0 Å². The summed E-state index contributed by atoms with van der Waals surface area (Å²) in [6, 6.07) is -4.81. The number of guanidine groups is 1. The van der Waals surface area contributed by atoms with Crippen LogP contribution in [0.1, 0.15) is 130 Å². The number of imidazole rings is 2. The SMILES string of the molecule is CC[C@H](C)C(NC(=O)[C@@H](C)NC(=O)[C@H](Cc1cnc[nH]1)NC(=O)[C@@H](CSC1CC(=O)N(CC2CCC(C(=O)C(C)(C)C)CC2)C1=O)NC(C)=O)C(=O)N[C@@H](Cc1ccc(O)cc1)C(=O)N1CCC[C@H]1C(=O)N[C@@H](CCCN=C(N)N)C(=O)N[C@@H](Cc1cnc[nH]1)C(=O)O. The van der Waals surface area contributed by atoms with Gasteiger partial charge in [0.15, 0.2) is 5.96 Å². The van der Waals surface area contributed by atoms with Gasteiger partial charge in [0.2, 0.25) is 59.1 Å². The molecular formula is C62H90N16O14S. The number of carboxylic acids is 1. The van der Waals surface area contributed by atoms with Crippen molar-refractivity contribution in [2.45, 2.75) is 186 Å². The van der Waals surface area contributed by atoms with Crippen molar-refractivity contribution >= 4 is 88.5 Å². The first kappa shape index (κ1) is 73.2. The van der Waals surface area contributed by atoms with E-state index >= 15 is 0 Å². The standard InChI is InChI=1S/C62H90N16O14S/c1-8-33(2)50(57(88)74-44(23-36-15-19-41(80)20-16-36)58(89)77-22-10-12-47(77)56(87)72-42(11-9-21-67-61(63)64)53(84)75-45(60(91)92)25-40-28-66-32-69-40)76-52(83)34(3)70-54(85)43(24-39-27-65-31-68-39)73-55(86)46(71-35(4)79)30-93-48-26-49(81)78(59(48)90)29-37-13-17-38(18-14-37)51(82)62(5,6)7/h15-16,19-20,27-28,31-34,37-38,42-48,50,80H,8-14,17-18,21-26,29-30H2,1-7H3,(H,65,68)(H,66,69)(H,70,85)(H,71,79)(H,72,87)(H,73,86)(H,74,88)(H,75,84)(H,76,83)(H,91,92)(H4,63,64,67)/t33-,34+,37?,38?,42-,43-,44-,45-,46+,47-,48?,50?/m0/s1. The number of hydrogen-bond acceptors (Lipinski definition) is 17. The number of likely N-dealkylation sites (tertiary alicyclic amines) is 2. The van der Waals surface area contributed by atoms with E-state index in [4.69, 9.17) is 11.5 Å². The highest BCUT2D eigenvalue weighted by Gasteiger charge is 2.44. The monoisotopic (exact) mass is 1310 g/mol. The largest absolute Gasteiger partial charge is 0.508 e. The second kappa shape index (κ2) is 34.1. The van der Waals surface area contributed by atoms with Crippen molar-refractivity contribution in [3.05, 3.63) is 66.3 Å². The maximum absolute atomic E-state index is 14.9. The van der Waals surface area contributed by atoms with Crippen molar-refractivity contribution in [1.29, 1.82) is 0 Å². The molecule has 15 N–H and O–H groups in total. The van der Waals surface area contributed by atoms with E-state index in [2.05, 4.69) is 62.1 Å². The highest BCUT2D eigenvalue weighted by Crippen LogP contribution is 2.36. The first-order valence-electron chi connectivity index (χ1n) is 31.4. The van der Waals surface area contributed by atoms with Crippen LogP contribution in [-0.2, 0) is 76.8 Å². The van der Waals surface area contributed by atoms with Gasteiger partial charge in [0.1, 0.15) is 59.9 Å². The number of Topliss-reactive ketones (excluding diaryl/α,β-unsaturated/α-hetero) is 1. The lowest BCUT2D eigenvalue weighted by molar-refractivity contribution is -0.143. The van der Waals surface area contributed by atoms with E-state index in [1.165, 1.54) is 60.8 Å². The average molecular weight is 1320 g/mol. The molecule has 0 bridgehead atoms. The normalized spacial score (nSPS) is 19.9. The van der Waals surface area contributed by atoms with Crippen molar-refractivity contribution in [2.75, 3.05) is 25.4 Å². The summed E-state index contributed by atoms with van der Waals surface area (Å²) in [5.74, 6) is -9.15. The van der Waals surface area contributed by atoms with Gasteiger partial charge in [0, 0.05) is 93.1 Å². The Morgan fingerprint density at radius 2 is 1.34 bits per heavy atom. The molecule has 2 saturated heterocycles. The molecule has 31 heteroatoms. The minimum Gasteiger partial charge on any atom is -0.508 e. The molecule has 2 aromatic heterocycles. The number of carbonyl (C=O) groups excluding carboxylic acids is 11. The smallest absolute Gasteiger partial charge is 0.326 e. The molecule has 3 aliphatic rings. The number of aliphatic imine (C=N–C) groups is 1. The van der Waals surface area contributed by atoms with Crippen molar-refractivity contribution in [3.63, 3.8) is 0 Å². The molecule has 10 amide bonds. The minimum atomic E-state index is -1.42. The second-order valence-electron chi connectivity index (χ2n) is 25.2. The summed E-state index contributed by atoms with van der Waals surface area (Å²) in [6.45, 7) is 12.0. The number of phenols is 1. The topological polar surface area (TPSA) is 458 Å². The number of nitrogens with one attached hydrogen (secondary N) is 9. The molecule has 2 aliphatic heterocycles. The Kier molecular flexibility index (Phi) is 26.9. The Balaban J connectivity index is 1.12. The number of carboxylic acid groups (broad SMARTS) is 1. The van der Waals surface area contributed by atoms with Crippen LogP contribution in [0.25, 0.3) is 0 Å². The summed E-state index contributed by atoms with van der Waals surface area (Å²) in [4.78, 5) is 185. The lowest BCUT2D eigenvalue weighted by Crippen LogP contribution is -2.61. The van der Waals surface area contributed by atoms with E-state index in [0.29, 0.717) is 55.5 Å².